The third-order valence-electron chi connectivity index (χ3n) is 6.38. The van der Waals surface area contributed by atoms with Crippen LogP contribution in [0.15, 0.2) is 75.3 Å². The van der Waals surface area contributed by atoms with Gasteiger partial charge in [0.2, 0.25) is 0 Å². The van der Waals surface area contributed by atoms with Crippen molar-refractivity contribution in [1.82, 2.24) is 10.6 Å². The summed E-state index contributed by atoms with van der Waals surface area (Å²) in [6.45, 7) is 10.8. The highest BCUT2D eigenvalue weighted by Gasteiger charge is 2.55. The molecule has 2 unspecified atom stereocenters. The molecule has 7 heteroatoms. The van der Waals surface area contributed by atoms with E-state index in [0.29, 0.717) is 0 Å². The lowest BCUT2D eigenvalue weighted by Crippen LogP contribution is -2.41. The molecular weight excluding hydrogens is 406 g/mol. The summed E-state index contributed by atoms with van der Waals surface area (Å²) in [6, 6.07) is 0. The second-order valence-electron chi connectivity index (χ2n) is 8.35. The summed E-state index contributed by atoms with van der Waals surface area (Å²) in [7, 11) is 4.35. The third-order valence-corrected chi connectivity index (χ3v) is 6.38. The summed E-state index contributed by atoms with van der Waals surface area (Å²) in [4.78, 5) is 30.0. The van der Waals surface area contributed by atoms with Gasteiger partial charge in [-0.3, -0.25) is 9.79 Å². The smallest absolute Gasteiger partial charge is 0.334 e. The van der Waals surface area contributed by atoms with Crippen molar-refractivity contribution in [2.75, 3.05) is 27.8 Å². The summed E-state index contributed by atoms with van der Waals surface area (Å²) >= 11 is 0. The van der Waals surface area contributed by atoms with Crippen LogP contribution in [0, 0.1) is 11.3 Å². The molecule has 0 spiro atoms. The van der Waals surface area contributed by atoms with Crippen molar-refractivity contribution in [3.05, 3.63) is 70.3 Å². The fourth-order valence-corrected chi connectivity index (χ4v) is 4.51. The van der Waals surface area contributed by atoms with Crippen molar-refractivity contribution >= 4 is 17.7 Å². The van der Waals surface area contributed by atoms with E-state index < -0.39 is 23.3 Å². The van der Waals surface area contributed by atoms with Crippen LogP contribution in [0.3, 0.4) is 0 Å². The van der Waals surface area contributed by atoms with E-state index in [0.717, 1.165) is 46.9 Å². The quantitative estimate of drug-likeness (QED) is 0.508. The van der Waals surface area contributed by atoms with Gasteiger partial charge in [0.15, 0.2) is 0 Å². The van der Waals surface area contributed by atoms with Crippen LogP contribution >= 0.6 is 0 Å². The van der Waals surface area contributed by atoms with E-state index in [1.54, 1.807) is 13.1 Å². The highest BCUT2D eigenvalue weighted by atomic mass is 16.5. The molecule has 0 aromatic carbocycles. The van der Waals surface area contributed by atoms with E-state index >= 15 is 0 Å². The number of hydrogen-bond acceptors (Lipinski definition) is 7. The number of aliphatic imine (C=N–C) groups is 1. The van der Waals surface area contributed by atoms with E-state index in [2.05, 4.69) is 29.1 Å². The molecule has 170 valence electrons. The SMILES string of the molecule is C=C(C)C(/C=C1\N/C(=C\C2=C(C)CCN2)C2(C)C1=CC=C(C(=O)OC)C2C(=O)OC)=NC. The Hall–Kier alpha value is -3.35. The van der Waals surface area contributed by atoms with Gasteiger partial charge in [0, 0.05) is 30.7 Å². The molecule has 2 N–H and O–H groups in total. The molecule has 1 saturated heterocycles. The van der Waals surface area contributed by atoms with Gasteiger partial charge in [0.05, 0.1) is 30.9 Å². The minimum Gasteiger partial charge on any atom is -0.469 e. The van der Waals surface area contributed by atoms with Crippen molar-refractivity contribution in [2.45, 2.75) is 27.2 Å². The molecule has 0 radical (unpaired) electrons. The first kappa shape index (κ1) is 23.3. The van der Waals surface area contributed by atoms with Crippen molar-refractivity contribution in [2.24, 2.45) is 16.3 Å². The molecule has 3 rings (SSSR count). The molecule has 1 fully saturated rings. The molecule has 0 bridgehead atoms. The topological polar surface area (TPSA) is 89.0 Å². The van der Waals surface area contributed by atoms with Crippen molar-refractivity contribution < 1.29 is 19.1 Å². The Morgan fingerprint density at radius 3 is 2.53 bits per heavy atom. The zero-order chi connectivity index (χ0) is 23.6. The molecule has 0 saturated carbocycles. The predicted octanol–water partition coefficient (Wildman–Crippen LogP) is 3.11. The van der Waals surface area contributed by atoms with Crippen LogP contribution in [0.25, 0.3) is 0 Å². The maximum absolute atomic E-state index is 13.0. The first-order chi connectivity index (χ1) is 15.2. The number of ether oxygens (including phenoxy) is 2. The minimum atomic E-state index is -0.876. The highest BCUT2D eigenvalue weighted by Crippen LogP contribution is 2.54. The van der Waals surface area contributed by atoms with Crippen LogP contribution in [0.1, 0.15) is 27.2 Å². The van der Waals surface area contributed by atoms with Gasteiger partial charge in [-0.2, -0.15) is 0 Å². The van der Waals surface area contributed by atoms with Crippen LogP contribution in [0.2, 0.25) is 0 Å². The van der Waals surface area contributed by atoms with Crippen molar-refractivity contribution in [3.63, 3.8) is 0 Å². The minimum absolute atomic E-state index is 0.258. The molecular formula is C25H31N3O4. The molecule has 0 aromatic rings. The zero-order valence-corrected chi connectivity index (χ0v) is 19.6. The zero-order valence-electron chi connectivity index (χ0n) is 19.6. The number of allylic oxidation sites excluding steroid dienone is 7. The molecule has 3 aliphatic rings. The van der Waals surface area contributed by atoms with Crippen LogP contribution < -0.4 is 10.6 Å². The number of carbonyl (C=O) groups is 2. The molecule has 2 aliphatic heterocycles. The van der Waals surface area contributed by atoms with E-state index in [1.165, 1.54) is 19.8 Å². The van der Waals surface area contributed by atoms with E-state index in [-0.39, 0.29) is 5.57 Å². The Morgan fingerprint density at radius 2 is 2.00 bits per heavy atom. The van der Waals surface area contributed by atoms with E-state index in [9.17, 15) is 9.59 Å². The summed E-state index contributed by atoms with van der Waals surface area (Å²) in [5.41, 5.74) is 5.65. The van der Waals surface area contributed by atoms with E-state index in [1.807, 2.05) is 32.1 Å². The van der Waals surface area contributed by atoms with Crippen LogP contribution in [0.4, 0.5) is 0 Å². The largest absolute Gasteiger partial charge is 0.469 e. The lowest BCUT2D eigenvalue weighted by Gasteiger charge is -2.36. The lowest BCUT2D eigenvalue weighted by molar-refractivity contribution is -0.150. The number of fused-ring (bicyclic) bond motifs is 1. The highest BCUT2D eigenvalue weighted by molar-refractivity contribution is 6.08. The normalized spacial score (nSPS) is 27.4. The summed E-state index contributed by atoms with van der Waals surface area (Å²) < 4.78 is 10.1. The van der Waals surface area contributed by atoms with E-state index in [4.69, 9.17) is 9.47 Å². The van der Waals surface area contributed by atoms with Gasteiger partial charge in [-0.05, 0) is 56.1 Å². The first-order valence-corrected chi connectivity index (χ1v) is 10.5. The van der Waals surface area contributed by atoms with Gasteiger partial charge < -0.3 is 20.1 Å². The Labute approximate surface area is 189 Å². The second-order valence-corrected chi connectivity index (χ2v) is 8.35. The van der Waals surface area contributed by atoms with Gasteiger partial charge in [-0.1, -0.05) is 18.7 Å². The average Bonchev–Trinajstić information content (AvgIpc) is 3.30. The number of esters is 2. The Morgan fingerprint density at radius 1 is 1.28 bits per heavy atom. The number of hydrogen-bond donors (Lipinski definition) is 2. The predicted molar refractivity (Wildman–Crippen MR) is 125 cm³/mol. The van der Waals surface area contributed by atoms with Gasteiger partial charge in [-0.15, -0.1) is 0 Å². The second kappa shape index (κ2) is 9.02. The maximum Gasteiger partial charge on any atom is 0.334 e. The van der Waals surface area contributed by atoms with Crippen LogP contribution in [-0.2, 0) is 19.1 Å². The first-order valence-electron chi connectivity index (χ1n) is 10.5. The third kappa shape index (κ3) is 3.83. The lowest BCUT2D eigenvalue weighted by atomic mass is 9.64. The van der Waals surface area contributed by atoms with Crippen molar-refractivity contribution in [1.29, 1.82) is 0 Å². The molecule has 32 heavy (non-hydrogen) atoms. The van der Waals surface area contributed by atoms with Crippen LogP contribution in [-0.4, -0.2) is 45.5 Å². The number of methoxy groups -OCH3 is 2. The Balaban J connectivity index is 2.28. The fraction of sp³-hybridized carbons (Fsp3) is 0.400. The van der Waals surface area contributed by atoms with Crippen LogP contribution in [0.5, 0.6) is 0 Å². The number of nitrogens with one attached hydrogen (secondary N) is 2. The molecule has 0 aromatic heterocycles. The number of carbonyl (C=O) groups excluding carboxylic acids is 2. The molecule has 0 amide bonds. The monoisotopic (exact) mass is 437 g/mol. The van der Waals surface area contributed by atoms with Gasteiger partial charge in [0.1, 0.15) is 5.92 Å². The standard InChI is InChI=1S/C25H31N3O4/c1-14(2)18(26-5)12-20-17-9-8-16(23(29)31-6)22(24(30)32-7)25(17,4)21(28-20)13-19-15(3)10-11-27-19/h8-9,12-13,22,27-28H,1,10-11H2,2-7H3/b20-12-,21-13-,26-18?. The molecule has 2 heterocycles. The number of nitrogens with zero attached hydrogens (tertiary/aromatic N) is 1. The van der Waals surface area contributed by atoms with Gasteiger partial charge in [-0.25, -0.2) is 4.79 Å². The average molecular weight is 438 g/mol. The molecule has 7 nitrogen and oxygen atoms in total. The van der Waals surface area contributed by atoms with Gasteiger partial charge >= 0.3 is 11.9 Å². The maximum atomic E-state index is 13.0. The Kier molecular flexibility index (Phi) is 6.57. The number of rotatable bonds is 5. The fourth-order valence-electron chi connectivity index (χ4n) is 4.51. The summed E-state index contributed by atoms with van der Waals surface area (Å²) in [5, 5.41) is 6.89. The van der Waals surface area contributed by atoms with Gasteiger partial charge in [0.25, 0.3) is 0 Å². The summed E-state index contributed by atoms with van der Waals surface area (Å²) in [5.74, 6) is -1.93. The van der Waals surface area contributed by atoms with Crippen molar-refractivity contribution in [3.8, 4) is 0 Å². The molecule has 2 atom stereocenters. The summed E-state index contributed by atoms with van der Waals surface area (Å²) in [6.07, 6.45) is 8.40. The molecule has 1 aliphatic carbocycles. The Bertz CT molecular complexity index is 1060.